The molecule has 43 heavy (non-hydrogen) atoms. The highest BCUT2D eigenvalue weighted by molar-refractivity contribution is 8.00. The summed E-state index contributed by atoms with van der Waals surface area (Å²) in [5.41, 5.74) is -3.22. The zero-order valence-electron chi connectivity index (χ0n) is 23.5. The van der Waals surface area contributed by atoms with Gasteiger partial charge in [-0.05, 0) is 74.8 Å². The highest BCUT2D eigenvalue weighted by atomic mass is 32.2. The van der Waals surface area contributed by atoms with E-state index < -0.39 is 5.51 Å². The molecule has 2 saturated heterocycles. The average Bonchev–Trinajstić information content (AvgIpc) is 3.52. The standard InChI is InChI=1S/C30H32F3N7O2S/c31-30(32,33)43-25-22(4-2-11-34-26(41)20-12-35-39(13-20)21-7-8-21)37-40-23(25)5-1-6-24(40)36-28-9-3-10-29(14-28,15-28)38-16-27(17-38)18-42-19-27/h1,5-6,12-13,21,36H,3,7-11,14-19H2,(H,34,41). The number of anilines is 1. The molecule has 6 fully saturated rings. The summed E-state index contributed by atoms with van der Waals surface area (Å²) >= 11 is -0.208. The number of hydrogen-bond donors (Lipinski definition) is 2. The number of carbonyl (C=O) groups is 1. The third-order valence-electron chi connectivity index (χ3n) is 9.72. The fourth-order valence-corrected chi connectivity index (χ4v) is 8.26. The molecule has 2 N–H and O–H groups in total. The van der Waals surface area contributed by atoms with E-state index in [1.807, 2.05) is 6.07 Å². The van der Waals surface area contributed by atoms with Crippen LogP contribution in [0, 0.1) is 17.3 Å². The van der Waals surface area contributed by atoms with Crippen LogP contribution in [0.5, 0.6) is 0 Å². The van der Waals surface area contributed by atoms with Crippen LogP contribution in [0.3, 0.4) is 0 Å². The molecule has 5 heterocycles. The van der Waals surface area contributed by atoms with Gasteiger partial charge in [0.1, 0.15) is 11.5 Å². The molecule has 3 aromatic heterocycles. The second kappa shape index (κ2) is 9.64. The summed E-state index contributed by atoms with van der Waals surface area (Å²) in [6, 6.07) is 5.63. The number of fused-ring (bicyclic) bond motifs is 3. The molecule has 9 rings (SSSR count). The predicted molar refractivity (Wildman–Crippen MR) is 154 cm³/mol. The summed E-state index contributed by atoms with van der Waals surface area (Å²) in [4.78, 5) is 15.1. The van der Waals surface area contributed by atoms with Gasteiger partial charge in [-0.1, -0.05) is 12.0 Å². The molecule has 6 aliphatic rings. The molecule has 3 aromatic rings. The molecule has 13 heteroatoms. The number of likely N-dealkylation sites (tertiary alicyclic amines) is 1. The number of carbonyl (C=O) groups excluding carboxylic acids is 1. The molecule has 9 nitrogen and oxygen atoms in total. The van der Waals surface area contributed by atoms with Gasteiger partial charge in [-0.2, -0.15) is 23.4 Å². The Bertz CT molecular complexity index is 1650. The lowest BCUT2D eigenvalue weighted by atomic mass is 9.52. The number of aromatic nitrogens is 4. The Hall–Kier alpha value is -3.21. The molecular formula is C30H32F3N7O2S. The maximum Gasteiger partial charge on any atom is 0.446 e. The summed E-state index contributed by atoms with van der Waals surface area (Å²) in [5, 5.41) is 15.2. The lowest BCUT2D eigenvalue weighted by Gasteiger charge is -2.71. The zero-order chi connectivity index (χ0) is 29.5. The lowest BCUT2D eigenvalue weighted by molar-refractivity contribution is -0.237. The summed E-state index contributed by atoms with van der Waals surface area (Å²) in [7, 11) is 0. The van der Waals surface area contributed by atoms with Gasteiger partial charge >= 0.3 is 5.51 Å². The fourth-order valence-electron chi connectivity index (χ4n) is 7.58. The van der Waals surface area contributed by atoms with Crippen molar-refractivity contribution < 1.29 is 22.7 Å². The average molecular weight is 612 g/mol. The van der Waals surface area contributed by atoms with Gasteiger partial charge < -0.3 is 15.4 Å². The Morgan fingerprint density at radius 2 is 2.00 bits per heavy atom. The minimum absolute atomic E-state index is 0.0301. The number of halogens is 3. The van der Waals surface area contributed by atoms with Crippen molar-refractivity contribution >= 4 is 29.0 Å². The van der Waals surface area contributed by atoms with Crippen LogP contribution < -0.4 is 10.6 Å². The smallest absolute Gasteiger partial charge is 0.380 e. The van der Waals surface area contributed by atoms with Crippen LogP contribution in [-0.2, 0) is 4.74 Å². The van der Waals surface area contributed by atoms with Crippen molar-refractivity contribution in [2.45, 2.75) is 72.5 Å². The lowest BCUT2D eigenvalue weighted by Crippen LogP contribution is -2.78. The normalized spacial score (nSPS) is 27.5. The first-order chi connectivity index (χ1) is 20.6. The minimum atomic E-state index is -4.50. The van der Waals surface area contributed by atoms with Crippen molar-refractivity contribution in [1.29, 1.82) is 0 Å². The van der Waals surface area contributed by atoms with E-state index in [0.29, 0.717) is 28.4 Å². The molecule has 1 amide bonds. The molecule has 226 valence electrons. The number of rotatable bonds is 7. The highest BCUT2D eigenvalue weighted by Gasteiger charge is 2.64. The summed E-state index contributed by atoms with van der Waals surface area (Å²) < 4.78 is 49.7. The topological polar surface area (TPSA) is 88.7 Å². The van der Waals surface area contributed by atoms with Crippen molar-refractivity contribution in [2.24, 2.45) is 5.41 Å². The first-order valence-corrected chi connectivity index (χ1v) is 15.7. The van der Waals surface area contributed by atoms with Gasteiger partial charge in [0.15, 0.2) is 0 Å². The van der Waals surface area contributed by atoms with Crippen LogP contribution in [0.1, 0.15) is 67.0 Å². The molecule has 1 spiro atoms. The van der Waals surface area contributed by atoms with E-state index in [-0.39, 0.29) is 45.9 Å². The quantitative estimate of drug-likeness (QED) is 0.301. The molecular weight excluding hydrogens is 579 g/mol. The highest BCUT2D eigenvalue weighted by Crippen LogP contribution is 2.59. The predicted octanol–water partition coefficient (Wildman–Crippen LogP) is 4.46. The maximum absolute atomic E-state index is 13.6. The fraction of sp³-hybridized carbons (Fsp3) is 0.567. The van der Waals surface area contributed by atoms with E-state index in [1.165, 1.54) is 12.6 Å². The van der Waals surface area contributed by atoms with Gasteiger partial charge in [-0.25, -0.2) is 4.52 Å². The van der Waals surface area contributed by atoms with E-state index in [0.717, 1.165) is 64.8 Å². The van der Waals surface area contributed by atoms with E-state index in [4.69, 9.17) is 4.74 Å². The summed E-state index contributed by atoms with van der Waals surface area (Å²) in [6.07, 6.45) is 10.7. The van der Waals surface area contributed by atoms with E-state index >= 15 is 0 Å². The minimum Gasteiger partial charge on any atom is -0.380 e. The summed E-state index contributed by atoms with van der Waals surface area (Å²) in [5.74, 6) is 5.92. The SMILES string of the molecule is O=C(NCC#Cc1nn2c(NC34CCCC(N5CC6(COC6)C5)(C3)C4)cccc2c1SC(F)(F)F)c1cnn(C2CC2)c1. The van der Waals surface area contributed by atoms with Crippen LogP contribution in [0.2, 0.25) is 0 Å². The van der Waals surface area contributed by atoms with Crippen molar-refractivity contribution in [1.82, 2.24) is 29.6 Å². The number of amides is 1. The van der Waals surface area contributed by atoms with Gasteiger partial charge in [-0.3, -0.25) is 14.4 Å². The monoisotopic (exact) mass is 611 g/mol. The Morgan fingerprint density at radius 1 is 1.19 bits per heavy atom. The van der Waals surface area contributed by atoms with Gasteiger partial charge in [-0.15, -0.1) is 0 Å². The van der Waals surface area contributed by atoms with E-state index in [2.05, 4.69) is 37.6 Å². The van der Waals surface area contributed by atoms with Crippen molar-refractivity contribution in [2.75, 3.05) is 38.2 Å². The second-order valence-electron chi connectivity index (χ2n) is 13.0. The number of pyridine rings is 1. The Balaban J connectivity index is 1.00. The molecule has 0 atom stereocenters. The van der Waals surface area contributed by atoms with E-state index in [1.54, 1.807) is 27.5 Å². The van der Waals surface area contributed by atoms with Crippen LogP contribution in [0.15, 0.2) is 35.5 Å². The zero-order valence-corrected chi connectivity index (χ0v) is 24.4. The first kappa shape index (κ1) is 27.3. The van der Waals surface area contributed by atoms with Gasteiger partial charge in [0, 0.05) is 35.8 Å². The molecule has 4 aliphatic carbocycles. The second-order valence-corrected chi connectivity index (χ2v) is 14.1. The van der Waals surface area contributed by atoms with Crippen molar-refractivity contribution in [3.8, 4) is 11.8 Å². The molecule has 0 aromatic carbocycles. The van der Waals surface area contributed by atoms with Gasteiger partial charge in [0.25, 0.3) is 5.91 Å². The maximum atomic E-state index is 13.6. The van der Waals surface area contributed by atoms with Crippen LogP contribution in [0.4, 0.5) is 19.0 Å². The number of nitrogens with zero attached hydrogens (tertiary/aromatic N) is 5. The summed E-state index contributed by atoms with van der Waals surface area (Å²) in [6.45, 7) is 3.90. The van der Waals surface area contributed by atoms with Crippen LogP contribution in [0.25, 0.3) is 5.52 Å². The number of nitrogens with one attached hydrogen (secondary N) is 2. The largest absolute Gasteiger partial charge is 0.446 e. The van der Waals surface area contributed by atoms with Crippen molar-refractivity contribution in [3.05, 3.63) is 41.9 Å². The first-order valence-electron chi connectivity index (χ1n) is 14.8. The number of ether oxygens (including phenoxy) is 1. The Kier molecular flexibility index (Phi) is 6.13. The molecule has 0 unspecified atom stereocenters. The van der Waals surface area contributed by atoms with Crippen LogP contribution >= 0.6 is 11.8 Å². The molecule has 4 saturated carbocycles. The molecule has 0 radical (unpaired) electrons. The number of alkyl halides is 3. The van der Waals surface area contributed by atoms with Crippen molar-refractivity contribution in [3.63, 3.8) is 0 Å². The third kappa shape index (κ3) is 4.87. The van der Waals surface area contributed by atoms with Gasteiger partial charge in [0.05, 0.1) is 48.0 Å². The van der Waals surface area contributed by atoms with Crippen LogP contribution in [-0.4, -0.2) is 79.6 Å². The molecule has 2 aliphatic heterocycles. The Morgan fingerprint density at radius 3 is 2.72 bits per heavy atom. The number of hydrogen-bond acceptors (Lipinski definition) is 7. The molecule has 2 bridgehead atoms. The van der Waals surface area contributed by atoms with Gasteiger partial charge in [0.2, 0.25) is 0 Å². The number of thioether (sulfide) groups is 1. The third-order valence-corrected chi connectivity index (χ3v) is 10.6. The van der Waals surface area contributed by atoms with E-state index in [9.17, 15) is 18.0 Å². The Labute approximate surface area is 250 Å².